The Bertz CT molecular complexity index is 2580. The van der Waals surface area contributed by atoms with Gasteiger partial charge in [-0.25, -0.2) is 10.1 Å². The molecule has 0 fully saturated rings. The molecule has 7 aromatic carbocycles. The van der Waals surface area contributed by atoms with Crippen LogP contribution in [0, 0.1) is 17.9 Å². The SMILES string of the molecule is [C-]#[N+]/C(C#N)=C\c1ccc2c3ccc(N(c4cc5ccccc5o4)c4cc5ccccc5s4)c4cccc(c5cccc1c52)c43. The first-order valence-electron chi connectivity index (χ1n) is 14.6. The van der Waals surface area contributed by atoms with Crippen LogP contribution in [0.1, 0.15) is 5.56 Å². The highest BCUT2D eigenvalue weighted by molar-refractivity contribution is 7.23. The minimum Gasteiger partial charge on any atom is -0.440 e. The number of para-hydroxylation sites is 1. The molecule has 0 N–H and O–H groups in total. The summed E-state index contributed by atoms with van der Waals surface area (Å²) in [5.74, 6) is 0.770. The molecule has 0 aliphatic carbocycles. The Morgan fingerprint density at radius 3 is 2.13 bits per heavy atom. The first kappa shape index (κ1) is 25.4. The number of fused-ring (bicyclic) bond motifs is 4. The third kappa shape index (κ3) is 3.76. The largest absolute Gasteiger partial charge is 0.440 e. The second-order valence-corrected chi connectivity index (χ2v) is 12.2. The summed E-state index contributed by atoms with van der Waals surface area (Å²) >= 11 is 1.75. The number of benzene rings is 7. The molecule has 0 saturated carbocycles. The Morgan fingerprint density at radius 2 is 1.38 bits per heavy atom. The maximum Gasteiger partial charge on any atom is 0.262 e. The summed E-state index contributed by atoms with van der Waals surface area (Å²) in [6, 6.07) is 44.4. The number of hydrogen-bond donors (Lipinski definition) is 0. The van der Waals surface area contributed by atoms with Gasteiger partial charge in [-0.3, -0.25) is 4.90 Å². The predicted molar refractivity (Wildman–Crippen MR) is 188 cm³/mol. The molecule has 0 saturated heterocycles. The van der Waals surface area contributed by atoms with Crippen molar-refractivity contribution in [1.29, 1.82) is 5.26 Å². The minimum atomic E-state index is 0.0746. The molecule has 208 valence electrons. The Balaban J connectivity index is 1.36. The van der Waals surface area contributed by atoms with Crippen molar-refractivity contribution in [2.75, 3.05) is 4.90 Å². The maximum atomic E-state index is 9.43. The van der Waals surface area contributed by atoms with Crippen LogP contribution in [0.4, 0.5) is 16.6 Å². The maximum absolute atomic E-state index is 9.43. The van der Waals surface area contributed by atoms with Crippen molar-refractivity contribution < 1.29 is 4.42 Å². The molecular weight excluding hydrogens is 571 g/mol. The molecule has 5 heteroatoms. The standard InChI is InChI=1S/C40H21N3OS/c1-42-27(23-41)20-24-16-17-31-32-18-19-34(33-13-7-12-30(40(32)33)29-11-6-10-28(24)39(29)31)43(37-21-25-8-2-4-14-35(25)44-37)38-22-26-9-3-5-15-36(26)45-38/h2-22H/b27-20-. The predicted octanol–water partition coefficient (Wildman–Crippen LogP) is 12.0. The van der Waals surface area contributed by atoms with Gasteiger partial charge in [-0.2, -0.15) is 0 Å². The first-order valence-corrected chi connectivity index (χ1v) is 15.4. The number of nitriles is 1. The average molecular weight is 592 g/mol. The van der Waals surface area contributed by atoms with Crippen molar-refractivity contribution >= 4 is 98.1 Å². The second-order valence-electron chi connectivity index (χ2n) is 11.1. The number of thiophene rings is 1. The number of allylic oxidation sites excluding steroid dienone is 1. The van der Waals surface area contributed by atoms with E-state index in [9.17, 15) is 5.26 Å². The Labute approximate surface area is 262 Å². The number of hydrogen-bond acceptors (Lipinski definition) is 4. The van der Waals surface area contributed by atoms with Gasteiger partial charge in [0.1, 0.15) is 10.6 Å². The van der Waals surface area contributed by atoms with E-state index in [1.54, 1.807) is 17.4 Å². The number of rotatable bonds is 4. The molecule has 0 unspecified atom stereocenters. The summed E-state index contributed by atoms with van der Waals surface area (Å²) in [4.78, 5) is 5.65. The van der Waals surface area contributed by atoms with Gasteiger partial charge in [0.05, 0.1) is 18.3 Å². The molecule has 0 atom stereocenters. The average Bonchev–Trinajstić information content (AvgIpc) is 3.71. The molecule has 0 bridgehead atoms. The Hall–Kier alpha value is -6.14. The lowest BCUT2D eigenvalue weighted by Crippen LogP contribution is -2.08. The van der Waals surface area contributed by atoms with E-state index >= 15 is 0 Å². The summed E-state index contributed by atoms with van der Waals surface area (Å²) in [5, 5.41) is 21.9. The zero-order valence-corrected chi connectivity index (χ0v) is 24.6. The first-order chi connectivity index (χ1) is 22.2. The zero-order valence-electron chi connectivity index (χ0n) is 23.8. The molecule has 9 rings (SSSR count). The zero-order chi connectivity index (χ0) is 30.1. The van der Waals surface area contributed by atoms with Crippen molar-refractivity contribution in [2.24, 2.45) is 0 Å². The summed E-state index contributed by atoms with van der Waals surface area (Å²) in [5.41, 5.74) is 2.85. The highest BCUT2D eigenvalue weighted by Crippen LogP contribution is 2.49. The topological polar surface area (TPSA) is 44.5 Å². The van der Waals surface area contributed by atoms with Gasteiger partial charge in [-0.1, -0.05) is 91.0 Å². The second kappa shape index (κ2) is 9.69. The normalized spacial score (nSPS) is 12.1. The molecule has 0 amide bonds. The van der Waals surface area contributed by atoms with Crippen LogP contribution in [0.2, 0.25) is 0 Å². The van der Waals surface area contributed by atoms with Gasteiger partial charge in [-0.15, -0.1) is 11.3 Å². The van der Waals surface area contributed by atoms with E-state index in [1.807, 2.05) is 30.3 Å². The van der Waals surface area contributed by atoms with E-state index in [1.165, 1.54) is 15.5 Å². The third-order valence-corrected chi connectivity index (χ3v) is 9.81. The highest BCUT2D eigenvalue weighted by Gasteiger charge is 2.23. The van der Waals surface area contributed by atoms with Crippen LogP contribution in [-0.4, -0.2) is 0 Å². The molecule has 45 heavy (non-hydrogen) atoms. The lowest BCUT2D eigenvalue weighted by Gasteiger charge is -2.24. The Morgan fingerprint density at radius 1 is 0.711 bits per heavy atom. The summed E-state index contributed by atoms with van der Waals surface area (Å²) in [6.45, 7) is 7.39. The fourth-order valence-electron chi connectivity index (χ4n) is 6.78. The van der Waals surface area contributed by atoms with Crippen LogP contribution < -0.4 is 4.90 Å². The molecule has 9 aromatic rings. The van der Waals surface area contributed by atoms with Gasteiger partial charge < -0.3 is 4.42 Å². The minimum absolute atomic E-state index is 0.0746. The van der Waals surface area contributed by atoms with Crippen LogP contribution in [0.25, 0.3) is 75.1 Å². The molecule has 0 spiro atoms. The van der Waals surface area contributed by atoms with Crippen molar-refractivity contribution in [3.8, 4) is 6.07 Å². The van der Waals surface area contributed by atoms with Crippen LogP contribution in [-0.2, 0) is 0 Å². The fraction of sp³-hybridized carbons (Fsp3) is 0. The monoisotopic (exact) mass is 591 g/mol. The van der Waals surface area contributed by atoms with E-state index in [2.05, 4.69) is 107 Å². The van der Waals surface area contributed by atoms with Crippen molar-refractivity contribution in [3.05, 3.63) is 144 Å². The van der Waals surface area contributed by atoms with Gasteiger partial charge in [0.15, 0.2) is 0 Å². The van der Waals surface area contributed by atoms with E-state index in [-0.39, 0.29) is 5.70 Å². The van der Waals surface area contributed by atoms with Gasteiger partial charge >= 0.3 is 0 Å². The number of anilines is 3. The van der Waals surface area contributed by atoms with Crippen molar-refractivity contribution in [2.45, 2.75) is 0 Å². The quantitative estimate of drug-likeness (QED) is 0.0885. The van der Waals surface area contributed by atoms with Crippen LogP contribution in [0.3, 0.4) is 0 Å². The molecule has 2 aromatic heterocycles. The highest BCUT2D eigenvalue weighted by atomic mass is 32.1. The van der Waals surface area contributed by atoms with E-state index in [0.29, 0.717) is 0 Å². The van der Waals surface area contributed by atoms with Crippen LogP contribution in [0.15, 0.2) is 131 Å². The van der Waals surface area contributed by atoms with Gasteiger partial charge in [-0.05, 0) is 79.0 Å². The van der Waals surface area contributed by atoms with E-state index in [4.69, 9.17) is 11.0 Å². The fourth-order valence-corrected chi connectivity index (χ4v) is 7.86. The van der Waals surface area contributed by atoms with Gasteiger partial charge in [0, 0.05) is 21.5 Å². The molecule has 4 nitrogen and oxygen atoms in total. The van der Waals surface area contributed by atoms with Crippen LogP contribution in [0.5, 0.6) is 0 Å². The number of nitrogens with zero attached hydrogens (tertiary/aromatic N) is 3. The third-order valence-electron chi connectivity index (χ3n) is 8.71. The van der Waals surface area contributed by atoms with E-state index in [0.717, 1.165) is 70.8 Å². The lowest BCUT2D eigenvalue weighted by atomic mass is 9.87. The molecular formula is C40H21N3OS. The molecule has 0 radical (unpaired) electrons. The lowest BCUT2D eigenvalue weighted by molar-refractivity contribution is 0.622. The van der Waals surface area contributed by atoms with Crippen molar-refractivity contribution in [3.63, 3.8) is 0 Å². The molecule has 0 aliphatic heterocycles. The summed E-state index contributed by atoms with van der Waals surface area (Å²) in [6.07, 6.45) is 1.69. The van der Waals surface area contributed by atoms with E-state index < -0.39 is 0 Å². The van der Waals surface area contributed by atoms with Crippen molar-refractivity contribution in [1.82, 2.24) is 0 Å². The van der Waals surface area contributed by atoms with Gasteiger partial charge in [0.2, 0.25) is 5.88 Å². The number of furan rings is 1. The Kier molecular flexibility index (Phi) is 5.46. The van der Waals surface area contributed by atoms with Crippen LogP contribution >= 0.6 is 11.3 Å². The molecule has 2 heterocycles. The summed E-state index contributed by atoms with van der Waals surface area (Å²) < 4.78 is 7.76. The smallest absolute Gasteiger partial charge is 0.262 e. The van der Waals surface area contributed by atoms with Gasteiger partial charge in [0.25, 0.3) is 5.70 Å². The summed E-state index contributed by atoms with van der Waals surface area (Å²) in [7, 11) is 0. The molecule has 0 aliphatic rings.